The van der Waals surface area contributed by atoms with Crippen LogP contribution in [0.1, 0.15) is 15.9 Å². The van der Waals surface area contributed by atoms with Gasteiger partial charge in [-0.05, 0) is 35.9 Å². The second-order valence-corrected chi connectivity index (χ2v) is 5.07. The molecule has 0 heterocycles. The van der Waals surface area contributed by atoms with Crippen molar-refractivity contribution in [1.82, 2.24) is 0 Å². The fourth-order valence-corrected chi connectivity index (χ4v) is 2.18. The van der Waals surface area contributed by atoms with Gasteiger partial charge in [-0.25, -0.2) is 9.18 Å². The highest BCUT2D eigenvalue weighted by molar-refractivity contribution is 5.91. The first kappa shape index (κ1) is 18.7. The third-order valence-corrected chi connectivity index (χ3v) is 3.32. The molecule has 0 aromatic heterocycles. The topological polar surface area (TPSA) is 61.5 Å². The van der Waals surface area contributed by atoms with Crippen LogP contribution < -0.4 is 10.5 Å². The monoisotopic (exact) mass is 357 g/mol. The lowest BCUT2D eigenvalue weighted by molar-refractivity contribution is -0.137. The van der Waals surface area contributed by atoms with Gasteiger partial charge in [-0.15, -0.1) is 0 Å². The standard InChI is InChI=1S/C17H15F4NO3/c1-24-16(23)11-6-10(7-13(8-11)25-5-4-22)14-3-2-12(9-15(14)18)17(19,20)21/h2-3,6-9H,4-5,22H2,1H3. The van der Waals surface area contributed by atoms with Gasteiger partial charge >= 0.3 is 12.1 Å². The van der Waals surface area contributed by atoms with Crippen molar-refractivity contribution in [3.63, 3.8) is 0 Å². The van der Waals surface area contributed by atoms with Gasteiger partial charge in [0.15, 0.2) is 0 Å². The molecule has 0 aliphatic rings. The summed E-state index contributed by atoms with van der Waals surface area (Å²) in [5, 5.41) is 0. The van der Waals surface area contributed by atoms with Gasteiger partial charge < -0.3 is 15.2 Å². The number of alkyl halides is 3. The second kappa shape index (κ2) is 7.52. The summed E-state index contributed by atoms with van der Waals surface area (Å²) in [7, 11) is 1.17. The van der Waals surface area contributed by atoms with E-state index in [1.807, 2.05) is 0 Å². The number of rotatable bonds is 5. The molecule has 0 radical (unpaired) electrons. The van der Waals surface area contributed by atoms with Crippen molar-refractivity contribution < 1.29 is 31.8 Å². The molecule has 2 aromatic rings. The van der Waals surface area contributed by atoms with Crippen LogP contribution in [0.15, 0.2) is 36.4 Å². The summed E-state index contributed by atoms with van der Waals surface area (Å²) in [4.78, 5) is 11.7. The Morgan fingerprint density at radius 2 is 1.88 bits per heavy atom. The normalized spacial score (nSPS) is 11.3. The second-order valence-electron chi connectivity index (χ2n) is 5.07. The van der Waals surface area contributed by atoms with Crippen LogP contribution in [0.3, 0.4) is 0 Å². The Balaban J connectivity index is 2.51. The number of ether oxygens (including phenoxy) is 2. The third-order valence-electron chi connectivity index (χ3n) is 3.32. The minimum absolute atomic E-state index is 0.0753. The van der Waals surface area contributed by atoms with Gasteiger partial charge in [0.25, 0.3) is 0 Å². The maximum atomic E-state index is 14.2. The highest BCUT2D eigenvalue weighted by Crippen LogP contribution is 2.34. The fourth-order valence-electron chi connectivity index (χ4n) is 2.18. The minimum Gasteiger partial charge on any atom is -0.492 e. The molecular formula is C17H15F4NO3. The Bertz CT molecular complexity index is 775. The predicted octanol–water partition coefficient (Wildman–Crippen LogP) is 3.64. The Labute approximate surface area is 141 Å². The van der Waals surface area contributed by atoms with E-state index in [2.05, 4.69) is 4.74 Å². The lowest BCUT2D eigenvalue weighted by Crippen LogP contribution is -2.11. The Morgan fingerprint density at radius 1 is 1.16 bits per heavy atom. The zero-order valence-electron chi connectivity index (χ0n) is 13.2. The first-order chi connectivity index (χ1) is 11.8. The molecule has 2 N–H and O–H groups in total. The Kier molecular flexibility index (Phi) is 5.63. The summed E-state index contributed by atoms with van der Waals surface area (Å²) in [6.45, 7) is 0.367. The van der Waals surface area contributed by atoms with Gasteiger partial charge in [-0.1, -0.05) is 6.07 Å². The van der Waals surface area contributed by atoms with Gasteiger partial charge in [0.05, 0.1) is 18.2 Å². The molecule has 0 saturated carbocycles. The molecule has 8 heteroatoms. The highest BCUT2D eigenvalue weighted by Gasteiger charge is 2.31. The number of carbonyl (C=O) groups excluding carboxylic acids is 1. The van der Waals surface area contributed by atoms with Crippen LogP contribution in [0.5, 0.6) is 5.75 Å². The van der Waals surface area contributed by atoms with Crippen molar-refractivity contribution in [2.75, 3.05) is 20.3 Å². The average molecular weight is 357 g/mol. The summed E-state index contributed by atoms with van der Waals surface area (Å²) < 4.78 is 62.1. The van der Waals surface area contributed by atoms with Gasteiger partial charge in [0.2, 0.25) is 0 Å². The van der Waals surface area contributed by atoms with E-state index in [0.717, 1.165) is 12.1 Å². The smallest absolute Gasteiger partial charge is 0.416 e. The Hall–Kier alpha value is -2.61. The largest absolute Gasteiger partial charge is 0.492 e. The van der Waals surface area contributed by atoms with E-state index in [4.69, 9.17) is 10.5 Å². The van der Waals surface area contributed by atoms with Gasteiger partial charge in [0.1, 0.15) is 18.2 Å². The number of methoxy groups -OCH3 is 1. The number of carbonyl (C=O) groups is 1. The summed E-state index contributed by atoms with van der Waals surface area (Å²) in [5.41, 5.74) is 4.40. The van der Waals surface area contributed by atoms with E-state index >= 15 is 0 Å². The molecule has 0 saturated heterocycles. The molecule has 0 aliphatic carbocycles. The van der Waals surface area contributed by atoms with Crippen molar-refractivity contribution in [2.45, 2.75) is 6.18 Å². The molecule has 0 unspecified atom stereocenters. The third kappa shape index (κ3) is 4.48. The van der Waals surface area contributed by atoms with Crippen LogP contribution in [-0.4, -0.2) is 26.2 Å². The molecule has 0 atom stereocenters. The zero-order chi connectivity index (χ0) is 18.6. The lowest BCUT2D eigenvalue weighted by atomic mass is 10.0. The van der Waals surface area contributed by atoms with Crippen LogP contribution >= 0.6 is 0 Å². The molecule has 2 aromatic carbocycles. The molecule has 0 amide bonds. The van der Waals surface area contributed by atoms with E-state index in [1.54, 1.807) is 0 Å². The fraction of sp³-hybridized carbons (Fsp3) is 0.235. The minimum atomic E-state index is -4.65. The maximum absolute atomic E-state index is 14.2. The number of hydrogen-bond acceptors (Lipinski definition) is 4. The van der Waals surface area contributed by atoms with E-state index < -0.39 is 23.5 Å². The first-order valence-corrected chi connectivity index (χ1v) is 7.19. The van der Waals surface area contributed by atoms with Gasteiger partial charge in [-0.2, -0.15) is 13.2 Å². The molecule has 2 rings (SSSR count). The van der Waals surface area contributed by atoms with Crippen molar-refractivity contribution in [2.24, 2.45) is 5.73 Å². The van der Waals surface area contributed by atoms with Crippen LogP contribution in [0.2, 0.25) is 0 Å². The molecule has 0 aliphatic heterocycles. The molecule has 0 bridgehead atoms. The summed E-state index contributed by atoms with van der Waals surface area (Å²) >= 11 is 0. The Morgan fingerprint density at radius 3 is 2.44 bits per heavy atom. The number of esters is 1. The van der Waals surface area contributed by atoms with Gasteiger partial charge in [0, 0.05) is 12.1 Å². The zero-order valence-corrected chi connectivity index (χ0v) is 13.2. The van der Waals surface area contributed by atoms with E-state index in [-0.39, 0.29) is 35.6 Å². The lowest BCUT2D eigenvalue weighted by Gasteiger charge is -2.12. The maximum Gasteiger partial charge on any atom is 0.416 e. The summed E-state index contributed by atoms with van der Waals surface area (Å²) in [5.74, 6) is -1.53. The average Bonchev–Trinajstić information content (AvgIpc) is 2.58. The van der Waals surface area contributed by atoms with Crippen LogP contribution in [0.25, 0.3) is 11.1 Å². The van der Waals surface area contributed by atoms with E-state index in [9.17, 15) is 22.4 Å². The predicted molar refractivity (Wildman–Crippen MR) is 82.7 cm³/mol. The highest BCUT2D eigenvalue weighted by atomic mass is 19.4. The number of nitrogens with two attached hydrogens (primary N) is 1. The van der Waals surface area contributed by atoms with Crippen molar-refractivity contribution in [1.29, 1.82) is 0 Å². The molecular weight excluding hydrogens is 342 g/mol. The van der Waals surface area contributed by atoms with E-state index in [0.29, 0.717) is 6.07 Å². The molecule has 134 valence electrons. The molecule has 4 nitrogen and oxygen atoms in total. The van der Waals surface area contributed by atoms with Crippen molar-refractivity contribution in [3.05, 3.63) is 53.3 Å². The van der Waals surface area contributed by atoms with Crippen LogP contribution in [0, 0.1) is 5.82 Å². The summed E-state index contributed by atoms with van der Waals surface area (Å²) in [6, 6.07) is 6.28. The van der Waals surface area contributed by atoms with E-state index in [1.165, 1.54) is 25.3 Å². The SMILES string of the molecule is COC(=O)c1cc(OCCN)cc(-c2ccc(C(F)(F)F)cc2F)c1. The van der Waals surface area contributed by atoms with Gasteiger partial charge in [-0.3, -0.25) is 0 Å². The van der Waals surface area contributed by atoms with Crippen LogP contribution in [-0.2, 0) is 10.9 Å². The van der Waals surface area contributed by atoms with Crippen molar-refractivity contribution in [3.8, 4) is 16.9 Å². The number of hydrogen-bond donors (Lipinski definition) is 1. The quantitative estimate of drug-likeness (QED) is 0.656. The molecule has 0 fully saturated rings. The van der Waals surface area contributed by atoms with Crippen molar-refractivity contribution >= 4 is 5.97 Å². The first-order valence-electron chi connectivity index (χ1n) is 7.19. The van der Waals surface area contributed by atoms with Crippen LogP contribution in [0.4, 0.5) is 17.6 Å². The summed E-state index contributed by atoms with van der Waals surface area (Å²) in [6.07, 6.45) is -4.65. The number of halogens is 4. The molecule has 0 spiro atoms. The molecule has 25 heavy (non-hydrogen) atoms. The number of benzene rings is 2.